The molecular weight excluding hydrogens is 320 g/mol. The Balaban J connectivity index is 1.56. The molecule has 0 saturated carbocycles. The molecule has 4 aliphatic heterocycles. The summed E-state index contributed by atoms with van der Waals surface area (Å²) in [6, 6.07) is 7.90. The molecule has 4 aliphatic rings. The summed E-state index contributed by atoms with van der Waals surface area (Å²) in [4.78, 5) is 19.9. The number of rotatable bonds is 4. The minimum atomic E-state index is -0.358. The van der Waals surface area contributed by atoms with E-state index in [0.717, 1.165) is 67.6 Å². The van der Waals surface area contributed by atoms with Crippen molar-refractivity contribution < 1.29 is 18.4 Å². The number of fused-ring (bicyclic) bond motifs is 1. The van der Waals surface area contributed by atoms with Crippen molar-refractivity contribution in [2.75, 3.05) is 46.6 Å². The number of nitrogens with zero attached hydrogens (tertiary/aromatic N) is 4. The first-order valence-corrected chi connectivity index (χ1v) is 8.85. The summed E-state index contributed by atoms with van der Waals surface area (Å²) in [6.45, 7) is 9.18. The van der Waals surface area contributed by atoms with E-state index in [1.165, 1.54) is 0 Å². The number of quaternary nitrogens is 1. The molecule has 0 aliphatic carbocycles. The molecule has 4 fully saturated rings. The van der Waals surface area contributed by atoms with Crippen molar-refractivity contribution in [2.45, 2.75) is 13.5 Å². The molecule has 7 heteroatoms. The van der Waals surface area contributed by atoms with Crippen LogP contribution in [0, 0.1) is 0 Å². The van der Waals surface area contributed by atoms with Gasteiger partial charge in [0, 0.05) is 5.39 Å². The lowest BCUT2D eigenvalue weighted by Crippen LogP contribution is -2.78. The Labute approximate surface area is 146 Å². The minimum Gasteiger partial charge on any atom is -0.460 e. The molecule has 5 heterocycles. The molecule has 7 nitrogen and oxygen atoms in total. The molecule has 25 heavy (non-hydrogen) atoms. The molecule has 132 valence electrons. The zero-order chi connectivity index (χ0) is 17.0. The maximum absolute atomic E-state index is 12.5. The molecule has 2 aromatic rings. The highest BCUT2D eigenvalue weighted by Crippen LogP contribution is 2.35. The molecule has 4 saturated heterocycles. The largest absolute Gasteiger partial charge is 0.460 e. The van der Waals surface area contributed by atoms with E-state index < -0.39 is 0 Å². The summed E-state index contributed by atoms with van der Waals surface area (Å²) in [5, 5.41) is 1.03. The minimum absolute atomic E-state index is 0.352. The molecular formula is C18H23N4O3+. The standard InChI is InChI=1S/C18H23N4O3/c1-2-24-18(23)17-15(14-5-3-4-6-16(14)25-17)7-22-11-19-8-20(12-22)10-21(9-19)13-22/h3-6H,2,7-13H2,1H3/q+1. The van der Waals surface area contributed by atoms with E-state index in [9.17, 15) is 4.79 Å². The maximum atomic E-state index is 12.5. The van der Waals surface area contributed by atoms with Crippen LogP contribution in [-0.4, -0.2) is 71.8 Å². The van der Waals surface area contributed by atoms with Gasteiger partial charge >= 0.3 is 5.97 Å². The lowest BCUT2D eigenvalue weighted by molar-refractivity contribution is -0.991. The molecule has 0 spiro atoms. The number of furan rings is 1. The van der Waals surface area contributed by atoms with Crippen molar-refractivity contribution in [2.24, 2.45) is 0 Å². The highest BCUT2D eigenvalue weighted by molar-refractivity contribution is 5.96. The third-order valence-corrected chi connectivity index (χ3v) is 5.35. The average molecular weight is 343 g/mol. The molecule has 4 bridgehead atoms. The number of hydrogen-bond donors (Lipinski definition) is 0. The van der Waals surface area contributed by atoms with E-state index in [4.69, 9.17) is 9.15 Å². The van der Waals surface area contributed by atoms with Crippen LogP contribution in [0.15, 0.2) is 28.7 Å². The molecule has 1 aromatic carbocycles. The van der Waals surface area contributed by atoms with Gasteiger partial charge in [0.25, 0.3) is 0 Å². The van der Waals surface area contributed by atoms with Crippen molar-refractivity contribution in [1.82, 2.24) is 14.7 Å². The Bertz CT molecular complexity index is 796. The van der Waals surface area contributed by atoms with Crippen molar-refractivity contribution in [3.8, 4) is 0 Å². The van der Waals surface area contributed by atoms with E-state index in [-0.39, 0.29) is 5.97 Å². The van der Waals surface area contributed by atoms with Crippen molar-refractivity contribution in [3.63, 3.8) is 0 Å². The van der Waals surface area contributed by atoms with Gasteiger partial charge in [0.2, 0.25) is 5.76 Å². The normalized spacial score (nSPS) is 33.1. The Hall–Kier alpha value is -1.93. The molecule has 0 unspecified atom stereocenters. The Morgan fingerprint density at radius 3 is 2.40 bits per heavy atom. The first-order chi connectivity index (χ1) is 12.2. The fourth-order valence-corrected chi connectivity index (χ4v) is 4.76. The first kappa shape index (κ1) is 15.3. The fourth-order valence-electron chi connectivity index (χ4n) is 4.76. The van der Waals surface area contributed by atoms with Crippen LogP contribution < -0.4 is 0 Å². The second-order valence-corrected chi connectivity index (χ2v) is 7.49. The van der Waals surface area contributed by atoms with Crippen molar-refractivity contribution in [3.05, 3.63) is 35.6 Å². The van der Waals surface area contributed by atoms with Crippen LogP contribution in [0.2, 0.25) is 0 Å². The van der Waals surface area contributed by atoms with E-state index >= 15 is 0 Å². The zero-order valence-corrected chi connectivity index (χ0v) is 14.5. The van der Waals surface area contributed by atoms with Gasteiger partial charge in [0.15, 0.2) is 0 Å². The third kappa shape index (κ3) is 2.46. The highest BCUT2D eigenvalue weighted by Gasteiger charge is 2.49. The number of carbonyl (C=O) groups is 1. The van der Waals surface area contributed by atoms with Crippen LogP contribution in [0.3, 0.4) is 0 Å². The van der Waals surface area contributed by atoms with Gasteiger partial charge < -0.3 is 9.15 Å². The Kier molecular flexibility index (Phi) is 3.40. The topological polar surface area (TPSA) is 49.2 Å². The zero-order valence-electron chi connectivity index (χ0n) is 14.5. The van der Waals surface area contributed by atoms with E-state index in [0.29, 0.717) is 12.4 Å². The lowest BCUT2D eigenvalue weighted by Gasteiger charge is -2.60. The van der Waals surface area contributed by atoms with Gasteiger partial charge in [0.1, 0.15) is 32.1 Å². The quantitative estimate of drug-likeness (QED) is 0.621. The summed E-state index contributed by atoms with van der Waals surface area (Å²) < 4.78 is 12.1. The summed E-state index contributed by atoms with van der Waals surface area (Å²) in [5.41, 5.74) is 1.75. The number of esters is 1. The van der Waals surface area contributed by atoms with Gasteiger partial charge in [-0.2, -0.15) is 0 Å². The first-order valence-electron chi connectivity index (χ1n) is 8.85. The van der Waals surface area contributed by atoms with Gasteiger partial charge in [0.05, 0.1) is 32.2 Å². The van der Waals surface area contributed by atoms with Crippen LogP contribution in [0.4, 0.5) is 0 Å². The Morgan fingerprint density at radius 1 is 1.12 bits per heavy atom. The van der Waals surface area contributed by atoms with Crippen molar-refractivity contribution >= 4 is 16.9 Å². The number of hydrogen-bond acceptors (Lipinski definition) is 6. The van der Waals surface area contributed by atoms with Gasteiger partial charge in [-0.25, -0.2) is 19.5 Å². The number of ether oxygens (including phenoxy) is 1. The van der Waals surface area contributed by atoms with Crippen LogP contribution >= 0.6 is 0 Å². The molecule has 0 atom stereocenters. The summed E-state index contributed by atoms with van der Waals surface area (Å²) in [5.74, 6) is 0.0143. The third-order valence-electron chi connectivity index (χ3n) is 5.35. The van der Waals surface area contributed by atoms with Gasteiger partial charge in [-0.3, -0.25) is 4.48 Å². The number of para-hydroxylation sites is 1. The molecule has 0 N–H and O–H groups in total. The fraction of sp³-hybridized carbons (Fsp3) is 0.500. The van der Waals surface area contributed by atoms with Gasteiger partial charge in [-0.05, 0) is 13.0 Å². The summed E-state index contributed by atoms with van der Waals surface area (Å²) >= 11 is 0. The lowest BCUT2D eigenvalue weighted by atomic mass is 10.1. The smallest absolute Gasteiger partial charge is 0.374 e. The van der Waals surface area contributed by atoms with E-state index in [1.54, 1.807) is 0 Å². The van der Waals surface area contributed by atoms with Gasteiger partial charge in [-0.15, -0.1) is 0 Å². The van der Waals surface area contributed by atoms with E-state index in [1.807, 2.05) is 31.2 Å². The predicted octanol–water partition coefficient (Wildman–Crippen LogP) is 1.62. The molecule has 0 radical (unpaired) electrons. The number of carbonyl (C=O) groups excluding carboxylic acids is 1. The van der Waals surface area contributed by atoms with Crippen LogP contribution in [0.25, 0.3) is 11.0 Å². The molecule has 1 aromatic heterocycles. The second-order valence-electron chi connectivity index (χ2n) is 7.49. The van der Waals surface area contributed by atoms with Gasteiger partial charge in [-0.1, -0.05) is 18.2 Å². The molecule has 0 amide bonds. The average Bonchev–Trinajstić information content (AvgIpc) is 2.92. The SMILES string of the molecule is CCOC(=O)c1oc2ccccc2c1C[N+]12CN3CN(CN(C3)C1)C2. The molecule has 6 rings (SSSR count). The maximum Gasteiger partial charge on any atom is 0.374 e. The Morgan fingerprint density at radius 2 is 1.76 bits per heavy atom. The highest BCUT2D eigenvalue weighted by atomic mass is 16.5. The van der Waals surface area contributed by atoms with E-state index in [2.05, 4.69) is 14.7 Å². The summed E-state index contributed by atoms with van der Waals surface area (Å²) in [6.07, 6.45) is 0. The van der Waals surface area contributed by atoms with Crippen LogP contribution in [0.1, 0.15) is 23.0 Å². The van der Waals surface area contributed by atoms with Crippen LogP contribution in [-0.2, 0) is 11.3 Å². The second kappa shape index (κ2) is 5.54. The number of benzene rings is 1. The van der Waals surface area contributed by atoms with Crippen molar-refractivity contribution in [1.29, 1.82) is 0 Å². The predicted molar refractivity (Wildman–Crippen MR) is 90.9 cm³/mol. The summed E-state index contributed by atoms with van der Waals surface area (Å²) in [7, 11) is 0. The van der Waals surface area contributed by atoms with Crippen LogP contribution in [0.5, 0.6) is 0 Å². The monoisotopic (exact) mass is 343 g/mol.